The van der Waals surface area contributed by atoms with Crippen LogP contribution in [0.3, 0.4) is 0 Å². The number of alkyl halides is 6. The zero-order valence-corrected chi connectivity index (χ0v) is 16.7. The van der Waals surface area contributed by atoms with Crippen molar-refractivity contribution in [1.82, 2.24) is 0 Å². The zero-order valence-electron chi connectivity index (χ0n) is 16.7. The molecule has 1 atom stereocenters. The van der Waals surface area contributed by atoms with Gasteiger partial charge in [0.15, 0.2) is 5.78 Å². The molecule has 0 bridgehead atoms. The van der Waals surface area contributed by atoms with Gasteiger partial charge in [0.1, 0.15) is 5.75 Å². The molecule has 0 aliphatic rings. The van der Waals surface area contributed by atoms with Gasteiger partial charge in [-0.15, -0.1) is 0 Å². The number of ether oxygens (including phenoxy) is 1. The number of ketones is 1. The molecule has 2 rings (SSSR count). The summed E-state index contributed by atoms with van der Waals surface area (Å²) in [4.78, 5) is 25.4. The number of carbonyl (C=O) groups excluding carboxylic acids is 2. The first-order valence-electron chi connectivity index (χ1n) is 8.95. The van der Waals surface area contributed by atoms with Crippen LogP contribution in [0.1, 0.15) is 31.9 Å². The third-order valence-electron chi connectivity index (χ3n) is 4.07. The van der Waals surface area contributed by atoms with Crippen molar-refractivity contribution in [2.75, 3.05) is 5.32 Å². The van der Waals surface area contributed by atoms with E-state index < -0.39 is 52.4 Å². The van der Waals surface area contributed by atoms with E-state index in [1.54, 1.807) is 18.2 Å². The molecule has 0 spiro atoms. The van der Waals surface area contributed by atoms with Gasteiger partial charge in [-0.25, -0.2) is 0 Å². The number of para-hydroxylation sites is 1. The molecule has 31 heavy (non-hydrogen) atoms. The molecule has 1 amide bonds. The largest absolute Gasteiger partial charge is 0.473 e. The van der Waals surface area contributed by atoms with Gasteiger partial charge in [0, 0.05) is 11.1 Å². The number of rotatable bonds is 5. The predicted octanol–water partition coefficient (Wildman–Crippen LogP) is 5.73. The first kappa shape index (κ1) is 24.2. The van der Waals surface area contributed by atoms with E-state index in [1.165, 1.54) is 32.9 Å². The van der Waals surface area contributed by atoms with E-state index >= 15 is 0 Å². The molecule has 0 radical (unpaired) electrons. The van der Waals surface area contributed by atoms with Crippen LogP contribution in [0.25, 0.3) is 0 Å². The Morgan fingerprint density at radius 1 is 0.839 bits per heavy atom. The highest BCUT2D eigenvalue weighted by atomic mass is 19.4. The first-order valence-corrected chi connectivity index (χ1v) is 8.95. The van der Waals surface area contributed by atoms with E-state index in [4.69, 9.17) is 4.74 Å². The fourth-order valence-electron chi connectivity index (χ4n) is 2.48. The van der Waals surface area contributed by atoms with E-state index in [0.29, 0.717) is 12.1 Å². The van der Waals surface area contributed by atoms with Crippen molar-refractivity contribution >= 4 is 17.4 Å². The van der Waals surface area contributed by atoms with Gasteiger partial charge in [0.25, 0.3) is 5.91 Å². The minimum Gasteiger partial charge on any atom is -0.473 e. The molecule has 2 aromatic carbocycles. The van der Waals surface area contributed by atoms with Crippen molar-refractivity contribution in [3.05, 3.63) is 59.7 Å². The maximum Gasteiger partial charge on any atom is 0.416 e. The van der Waals surface area contributed by atoms with Crippen LogP contribution in [0, 0.1) is 5.41 Å². The lowest BCUT2D eigenvalue weighted by Crippen LogP contribution is -2.45. The number of anilines is 1. The highest BCUT2D eigenvalue weighted by Gasteiger charge is 2.40. The predicted molar refractivity (Wildman–Crippen MR) is 100 cm³/mol. The molecule has 0 aliphatic carbocycles. The number of benzene rings is 2. The Hall–Kier alpha value is -3.04. The van der Waals surface area contributed by atoms with E-state index in [0.717, 1.165) is 0 Å². The average molecular weight is 447 g/mol. The van der Waals surface area contributed by atoms with Crippen molar-refractivity contribution in [3.63, 3.8) is 0 Å². The summed E-state index contributed by atoms with van der Waals surface area (Å²) in [5.41, 5.74) is -4.15. The average Bonchev–Trinajstić information content (AvgIpc) is 2.64. The summed E-state index contributed by atoms with van der Waals surface area (Å²) < 4.78 is 83.7. The van der Waals surface area contributed by atoms with Crippen LogP contribution in [-0.2, 0) is 21.9 Å². The minimum atomic E-state index is -5.10. The molecular formula is C21H19F6NO3. The van der Waals surface area contributed by atoms with Crippen molar-refractivity contribution < 1.29 is 40.7 Å². The third kappa shape index (κ3) is 6.47. The molecule has 0 saturated carbocycles. The van der Waals surface area contributed by atoms with Gasteiger partial charge >= 0.3 is 12.4 Å². The molecule has 0 heterocycles. The van der Waals surface area contributed by atoms with Crippen LogP contribution < -0.4 is 10.1 Å². The van der Waals surface area contributed by atoms with E-state index in [9.17, 15) is 35.9 Å². The van der Waals surface area contributed by atoms with Gasteiger partial charge in [0.2, 0.25) is 6.10 Å². The first-order chi connectivity index (χ1) is 14.1. The Bertz CT molecular complexity index is 914. The smallest absolute Gasteiger partial charge is 0.416 e. The number of hydrogen-bond donors (Lipinski definition) is 1. The molecule has 1 N–H and O–H groups in total. The van der Waals surface area contributed by atoms with E-state index in [-0.39, 0.29) is 11.8 Å². The maximum atomic E-state index is 13.1. The van der Waals surface area contributed by atoms with E-state index in [1.807, 2.05) is 0 Å². The second kappa shape index (κ2) is 8.60. The highest BCUT2D eigenvalue weighted by molar-refractivity contribution is 6.11. The summed E-state index contributed by atoms with van der Waals surface area (Å²) in [5.74, 6) is -2.77. The van der Waals surface area contributed by atoms with Crippen LogP contribution in [0.5, 0.6) is 5.75 Å². The summed E-state index contributed by atoms with van der Waals surface area (Å²) in [7, 11) is 0. The summed E-state index contributed by atoms with van der Waals surface area (Å²) in [6.45, 7) is 4.32. The van der Waals surface area contributed by atoms with Crippen molar-refractivity contribution in [2.24, 2.45) is 5.41 Å². The standard InChI is InChI=1S/C21H19F6NO3/c1-19(2,3)17(29)16(18(30)28-14-7-5-4-6-8-14)31-15-10-12(20(22,23)24)9-13(11-15)21(25,26)27/h4-11,16H,1-3H3,(H,28,30)/t16-/m1/s1. The SMILES string of the molecule is CC(C)(C)C(=O)[C@@H](Oc1cc(C(F)(F)F)cc(C(F)(F)F)c1)C(=O)Nc1ccccc1. The summed E-state index contributed by atoms with van der Waals surface area (Å²) in [6, 6.07) is 8.36. The lowest BCUT2D eigenvalue weighted by Gasteiger charge is -2.25. The molecule has 10 heteroatoms. The third-order valence-corrected chi connectivity index (χ3v) is 4.07. The lowest BCUT2D eigenvalue weighted by atomic mass is 9.87. The molecule has 0 unspecified atom stereocenters. The molecule has 168 valence electrons. The zero-order chi connectivity index (χ0) is 23.6. The Morgan fingerprint density at radius 2 is 1.32 bits per heavy atom. The second-order valence-corrected chi connectivity index (χ2v) is 7.71. The topological polar surface area (TPSA) is 55.4 Å². The molecule has 4 nitrogen and oxygen atoms in total. The number of Topliss-reactive ketones (excluding diaryl/α,β-unsaturated/α-hetero) is 1. The Kier molecular flexibility index (Phi) is 6.72. The second-order valence-electron chi connectivity index (χ2n) is 7.71. The summed E-state index contributed by atoms with van der Waals surface area (Å²) in [6.07, 6.45) is -12.2. The van der Waals surface area contributed by atoms with Gasteiger partial charge in [-0.3, -0.25) is 9.59 Å². The van der Waals surface area contributed by atoms with E-state index in [2.05, 4.69) is 5.32 Å². The number of nitrogens with one attached hydrogen (secondary N) is 1. The monoisotopic (exact) mass is 447 g/mol. The van der Waals surface area contributed by atoms with Gasteiger partial charge in [-0.05, 0) is 30.3 Å². The lowest BCUT2D eigenvalue weighted by molar-refractivity contribution is -0.143. The quantitative estimate of drug-likeness (QED) is 0.471. The van der Waals surface area contributed by atoms with Crippen molar-refractivity contribution in [1.29, 1.82) is 0 Å². The maximum absolute atomic E-state index is 13.1. The van der Waals surface area contributed by atoms with Crippen LogP contribution >= 0.6 is 0 Å². The summed E-state index contributed by atoms with van der Waals surface area (Å²) in [5, 5.41) is 2.38. The Morgan fingerprint density at radius 3 is 1.74 bits per heavy atom. The van der Waals surface area contributed by atoms with Gasteiger partial charge in [-0.2, -0.15) is 26.3 Å². The van der Waals surface area contributed by atoms with Gasteiger partial charge in [-0.1, -0.05) is 39.0 Å². The van der Waals surface area contributed by atoms with Crippen molar-refractivity contribution in [3.8, 4) is 5.75 Å². The van der Waals surface area contributed by atoms with Gasteiger partial charge < -0.3 is 10.1 Å². The number of halogens is 6. The number of amides is 1. The van der Waals surface area contributed by atoms with Gasteiger partial charge in [0.05, 0.1) is 11.1 Å². The molecule has 0 saturated heterocycles. The fraction of sp³-hybridized carbons (Fsp3) is 0.333. The molecule has 0 fully saturated rings. The Balaban J connectivity index is 2.48. The Labute approximate surface area is 174 Å². The summed E-state index contributed by atoms with van der Waals surface area (Å²) >= 11 is 0. The highest BCUT2D eigenvalue weighted by Crippen LogP contribution is 2.38. The van der Waals surface area contributed by atoms with Crippen LogP contribution in [0.2, 0.25) is 0 Å². The molecular weight excluding hydrogens is 428 g/mol. The van der Waals surface area contributed by atoms with Crippen LogP contribution in [0.4, 0.5) is 32.0 Å². The van der Waals surface area contributed by atoms with Crippen molar-refractivity contribution in [2.45, 2.75) is 39.2 Å². The van der Waals surface area contributed by atoms with Crippen LogP contribution in [0.15, 0.2) is 48.5 Å². The van der Waals surface area contributed by atoms with Crippen LogP contribution in [-0.4, -0.2) is 17.8 Å². The molecule has 0 aromatic heterocycles. The fourth-order valence-corrected chi connectivity index (χ4v) is 2.48. The number of carbonyl (C=O) groups is 2. The molecule has 0 aliphatic heterocycles. The number of hydrogen-bond acceptors (Lipinski definition) is 3. The molecule has 2 aromatic rings. The normalized spacial score (nSPS) is 13.5. The minimum absolute atomic E-state index is 0.0719.